The van der Waals surface area contributed by atoms with E-state index in [2.05, 4.69) is 61.9 Å². The minimum absolute atomic E-state index is 0.130. The van der Waals surface area contributed by atoms with Crippen LogP contribution in [0.3, 0.4) is 0 Å². The van der Waals surface area contributed by atoms with Crippen LogP contribution < -0.4 is 0 Å². The average molecular weight is 401 g/mol. The van der Waals surface area contributed by atoms with Gasteiger partial charge in [0.2, 0.25) is 0 Å². The molecule has 0 spiro atoms. The smallest absolute Gasteiger partial charge is 0.192 e. The lowest BCUT2D eigenvalue weighted by atomic mass is 10.1. The lowest BCUT2D eigenvalue weighted by molar-refractivity contribution is -0.217. The Morgan fingerprint density at radius 1 is 1.26 bits per heavy atom. The van der Waals surface area contributed by atoms with Crippen molar-refractivity contribution in [3.05, 3.63) is 34.3 Å². The first-order chi connectivity index (χ1) is 10.7. The van der Waals surface area contributed by atoms with Gasteiger partial charge in [-0.05, 0) is 36.2 Å². The fraction of sp³-hybridized carbons (Fsp3) is 0.667. The van der Waals surface area contributed by atoms with Crippen molar-refractivity contribution in [2.45, 2.75) is 64.1 Å². The molecular weight excluding hydrogens is 372 g/mol. The molecule has 5 heteroatoms. The molecule has 1 saturated heterocycles. The second-order valence-electron chi connectivity index (χ2n) is 7.71. The van der Waals surface area contributed by atoms with Crippen LogP contribution in [0.2, 0.25) is 18.1 Å². The molecule has 0 aromatic heterocycles. The van der Waals surface area contributed by atoms with E-state index in [4.69, 9.17) is 13.9 Å². The molecule has 1 heterocycles. The van der Waals surface area contributed by atoms with E-state index in [1.807, 2.05) is 12.1 Å². The van der Waals surface area contributed by atoms with Crippen LogP contribution in [0.15, 0.2) is 28.7 Å². The second kappa shape index (κ2) is 7.79. The standard InChI is InChI=1S/C18H29BrO3Si/c1-18(2,3)23(4,5)21-13-15-10-11-20-17(22-15)12-14-8-6-7-9-16(14)19/h6-9,15,17H,10-13H2,1-5H3/t15-,17-/m0/s1. The number of ether oxygens (including phenoxy) is 2. The van der Waals surface area contributed by atoms with Gasteiger partial charge in [-0.3, -0.25) is 0 Å². The molecule has 0 N–H and O–H groups in total. The van der Waals surface area contributed by atoms with Gasteiger partial charge < -0.3 is 13.9 Å². The van der Waals surface area contributed by atoms with Crippen molar-refractivity contribution in [1.82, 2.24) is 0 Å². The van der Waals surface area contributed by atoms with E-state index < -0.39 is 8.32 Å². The lowest BCUT2D eigenvalue weighted by Gasteiger charge is -2.38. The van der Waals surface area contributed by atoms with Crippen LogP contribution in [-0.2, 0) is 20.3 Å². The SMILES string of the molecule is CC(C)(C)[Si](C)(C)OC[C@@H]1CCO[C@H](Cc2ccccc2Br)O1. The summed E-state index contributed by atoms with van der Waals surface area (Å²) >= 11 is 3.59. The summed E-state index contributed by atoms with van der Waals surface area (Å²) in [6.07, 6.45) is 1.61. The van der Waals surface area contributed by atoms with E-state index in [0.29, 0.717) is 6.61 Å². The zero-order chi connectivity index (χ0) is 17.1. The van der Waals surface area contributed by atoms with E-state index in [1.165, 1.54) is 5.56 Å². The number of hydrogen-bond acceptors (Lipinski definition) is 3. The largest absolute Gasteiger partial charge is 0.414 e. The van der Waals surface area contributed by atoms with Crippen LogP contribution in [0.25, 0.3) is 0 Å². The maximum Gasteiger partial charge on any atom is 0.192 e. The average Bonchev–Trinajstić information content (AvgIpc) is 2.47. The molecular formula is C18H29BrO3Si. The Balaban J connectivity index is 1.88. The Bertz CT molecular complexity index is 513. The first kappa shape index (κ1) is 19.1. The van der Waals surface area contributed by atoms with Crippen LogP contribution in [-0.4, -0.2) is 33.9 Å². The topological polar surface area (TPSA) is 27.7 Å². The predicted octanol–water partition coefficient (Wildman–Crippen LogP) is 5.15. The van der Waals surface area contributed by atoms with Crippen LogP contribution in [0.4, 0.5) is 0 Å². The monoisotopic (exact) mass is 400 g/mol. The molecule has 1 aliphatic heterocycles. The predicted molar refractivity (Wildman–Crippen MR) is 100 cm³/mol. The molecule has 2 rings (SSSR count). The fourth-order valence-electron chi connectivity index (χ4n) is 2.24. The highest BCUT2D eigenvalue weighted by atomic mass is 79.9. The molecule has 1 aliphatic rings. The van der Waals surface area contributed by atoms with E-state index in [1.54, 1.807) is 0 Å². The summed E-state index contributed by atoms with van der Waals surface area (Å²) in [5.74, 6) is 0. The van der Waals surface area contributed by atoms with Crippen molar-refractivity contribution in [2.24, 2.45) is 0 Å². The van der Waals surface area contributed by atoms with Crippen molar-refractivity contribution in [3.8, 4) is 0 Å². The van der Waals surface area contributed by atoms with Gasteiger partial charge in [0.1, 0.15) is 0 Å². The highest BCUT2D eigenvalue weighted by Gasteiger charge is 2.38. The van der Waals surface area contributed by atoms with Gasteiger partial charge in [-0.25, -0.2) is 0 Å². The van der Waals surface area contributed by atoms with Crippen molar-refractivity contribution < 1.29 is 13.9 Å². The van der Waals surface area contributed by atoms with Gasteiger partial charge in [0.05, 0.1) is 19.3 Å². The Hall–Kier alpha value is -0.203. The second-order valence-corrected chi connectivity index (χ2v) is 13.4. The molecule has 1 aromatic carbocycles. The van der Waals surface area contributed by atoms with Gasteiger partial charge >= 0.3 is 0 Å². The number of rotatable bonds is 5. The fourth-order valence-corrected chi connectivity index (χ4v) is 3.73. The van der Waals surface area contributed by atoms with Crippen LogP contribution in [0.1, 0.15) is 32.8 Å². The lowest BCUT2D eigenvalue weighted by Crippen LogP contribution is -2.45. The summed E-state index contributed by atoms with van der Waals surface area (Å²) in [6, 6.07) is 8.22. The number of benzene rings is 1. The zero-order valence-corrected chi connectivity index (χ0v) is 17.5. The highest BCUT2D eigenvalue weighted by molar-refractivity contribution is 9.10. The molecule has 0 aliphatic carbocycles. The first-order valence-corrected chi connectivity index (χ1v) is 12.0. The highest BCUT2D eigenvalue weighted by Crippen LogP contribution is 2.37. The third-order valence-corrected chi connectivity index (χ3v) is 10.1. The maximum absolute atomic E-state index is 6.30. The quantitative estimate of drug-likeness (QED) is 0.639. The van der Waals surface area contributed by atoms with Crippen molar-refractivity contribution in [1.29, 1.82) is 0 Å². The molecule has 1 aromatic rings. The zero-order valence-electron chi connectivity index (χ0n) is 14.9. The first-order valence-electron chi connectivity index (χ1n) is 8.33. The van der Waals surface area contributed by atoms with E-state index in [0.717, 1.165) is 23.9 Å². The van der Waals surface area contributed by atoms with Gasteiger partial charge in [-0.15, -0.1) is 0 Å². The molecule has 0 bridgehead atoms. The summed E-state index contributed by atoms with van der Waals surface area (Å²) in [5.41, 5.74) is 1.21. The Labute approximate surface area is 150 Å². The molecule has 1 fully saturated rings. The third kappa shape index (κ3) is 5.39. The van der Waals surface area contributed by atoms with Crippen LogP contribution in [0.5, 0.6) is 0 Å². The summed E-state index contributed by atoms with van der Waals surface area (Å²) in [5, 5.41) is 0.229. The summed E-state index contributed by atoms with van der Waals surface area (Å²) in [4.78, 5) is 0. The van der Waals surface area contributed by atoms with Crippen molar-refractivity contribution in [3.63, 3.8) is 0 Å². The molecule has 23 heavy (non-hydrogen) atoms. The van der Waals surface area contributed by atoms with Crippen molar-refractivity contribution in [2.75, 3.05) is 13.2 Å². The van der Waals surface area contributed by atoms with Crippen molar-refractivity contribution >= 4 is 24.2 Å². The maximum atomic E-state index is 6.30. The minimum atomic E-state index is -1.72. The van der Waals surface area contributed by atoms with Crippen LogP contribution in [0, 0.1) is 0 Å². The van der Waals surface area contributed by atoms with Gasteiger partial charge in [0.25, 0.3) is 0 Å². The molecule has 0 saturated carbocycles. The summed E-state index contributed by atoms with van der Waals surface area (Å²) in [6.45, 7) is 12.8. The molecule has 0 radical (unpaired) electrons. The normalized spacial score (nSPS) is 23.0. The molecule has 2 atom stereocenters. The molecule has 3 nitrogen and oxygen atoms in total. The third-order valence-electron chi connectivity index (χ3n) is 4.87. The summed E-state index contributed by atoms with van der Waals surface area (Å²) < 4.78 is 19.3. The Morgan fingerprint density at radius 2 is 1.96 bits per heavy atom. The van der Waals surface area contributed by atoms with Gasteiger partial charge in [-0.2, -0.15) is 0 Å². The minimum Gasteiger partial charge on any atom is -0.414 e. The van der Waals surface area contributed by atoms with Crippen LogP contribution >= 0.6 is 15.9 Å². The molecule has 0 unspecified atom stereocenters. The Morgan fingerprint density at radius 3 is 2.61 bits per heavy atom. The van der Waals surface area contributed by atoms with E-state index >= 15 is 0 Å². The Kier molecular flexibility index (Phi) is 6.47. The number of halogens is 1. The van der Waals surface area contributed by atoms with E-state index in [9.17, 15) is 0 Å². The molecule has 0 amide bonds. The number of hydrogen-bond donors (Lipinski definition) is 0. The van der Waals surface area contributed by atoms with E-state index in [-0.39, 0.29) is 17.4 Å². The van der Waals surface area contributed by atoms with Gasteiger partial charge in [0, 0.05) is 10.9 Å². The van der Waals surface area contributed by atoms with Gasteiger partial charge in [-0.1, -0.05) is 54.9 Å². The molecule has 130 valence electrons. The van der Waals surface area contributed by atoms with Gasteiger partial charge in [0.15, 0.2) is 14.6 Å². The summed E-state index contributed by atoms with van der Waals surface area (Å²) in [7, 11) is -1.72.